The number of nitrogens with one attached hydrogen (secondary N) is 1. The summed E-state index contributed by atoms with van der Waals surface area (Å²) in [6, 6.07) is 16.3. The van der Waals surface area contributed by atoms with Gasteiger partial charge in [0.25, 0.3) is 0 Å². The molecule has 0 saturated carbocycles. The van der Waals surface area contributed by atoms with Crippen molar-refractivity contribution < 1.29 is 4.74 Å². The molecule has 136 valence electrons. The Hall–Kier alpha value is -1.60. The summed E-state index contributed by atoms with van der Waals surface area (Å²) in [7, 11) is 1.68. The molecule has 5 heteroatoms. The fraction of sp³-hybridized carbons (Fsp3) is 0.350. The van der Waals surface area contributed by atoms with E-state index in [2.05, 4.69) is 55.3 Å². The number of anilines is 1. The number of nitrogens with two attached hydrogens (primary N) is 1. The van der Waals surface area contributed by atoms with Gasteiger partial charge in [-0.25, -0.2) is 0 Å². The van der Waals surface area contributed by atoms with E-state index < -0.39 is 0 Å². The zero-order valence-corrected chi connectivity index (χ0v) is 17.7. The monoisotopic (exact) mass is 453 g/mol. The molecule has 0 atom stereocenters. The summed E-state index contributed by atoms with van der Waals surface area (Å²) in [4.78, 5) is 4.55. The lowest BCUT2D eigenvalue weighted by molar-refractivity contribution is 0.185. The number of hydrogen-bond donors (Lipinski definition) is 2. The third-order valence-electron chi connectivity index (χ3n) is 4.10. The van der Waals surface area contributed by atoms with E-state index in [1.807, 2.05) is 24.3 Å². The maximum Gasteiger partial charge on any atom is 0.193 e. The third kappa shape index (κ3) is 6.01. The van der Waals surface area contributed by atoms with Gasteiger partial charge in [0, 0.05) is 23.8 Å². The van der Waals surface area contributed by atoms with Crippen LogP contribution in [0.25, 0.3) is 0 Å². The standard InChI is InChI=1S/C20H27N3O.HI/c1-15-9-5-7-11-17(15)20(2,3)14-22-19(21)23-18-12-8-6-10-16(18)13-24-4;/h5-12H,13-14H2,1-4H3,(H3,21,22,23);1H. The first-order valence-corrected chi connectivity index (χ1v) is 8.14. The van der Waals surface area contributed by atoms with Crippen molar-refractivity contribution in [2.45, 2.75) is 32.8 Å². The van der Waals surface area contributed by atoms with E-state index in [1.165, 1.54) is 11.1 Å². The summed E-state index contributed by atoms with van der Waals surface area (Å²) in [5.41, 5.74) is 10.6. The topological polar surface area (TPSA) is 59.6 Å². The van der Waals surface area contributed by atoms with E-state index in [9.17, 15) is 0 Å². The number of ether oxygens (including phenoxy) is 1. The minimum Gasteiger partial charge on any atom is -0.380 e. The average molecular weight is 453 g/mol. The molecule has 0 aromatic heterocycles. The molecule has 0 spiro atoms. The maximum absolute atomic E-state index is 6.09. The minimum atomic E-state index is -0.0797. The lowest BCUT2D eigenvalue weighted by Crippen LogP contribution is -2.28. The first kappa shape index (κ1) is 21.4. The Morgan fingerprint density at radius 3 is 2.44 bits per heavy atom. The first-order valence-electron chi connectivity index (χ1n) is 8.14. The van der Waals surface area contributed by atoms with Crippen LogP contribution in [0.15, 0.2) is 53.5 Å². The van der Waals surface area contributed by atoms with Crippen LogP contribution in [0.5, 0.6) is 0 Å². The Balaban J connectivity index is 0.00000312. The third-order valence-corrected chi connectivity index (χ3v) is 4.10. The van der Waals surface area contributed by atoms with E-state index in [0.29, 0.717) is 19.1 Å². The highest BCUT2D eigenvalue weighted by atomic mass is 127. The van der Waals surface area contributed by atoms with Crippen LogP contribution in [-0.4, -0.2) is 19.6 Å². The molecule has 3 N–H and O–H groups in total. The van der Waals surface area contributed by atoms with Crippen molar-refractivity contribution in [3.63, 3.8) is 0 Å². The predicted molar refractivity (Wildman–Crippen MR) is 117 cm³/mol. The molecule has 2 rings (SSSR count). The number of hydrogen-bond acceptors (Lipinski definition) is 2. The quantitative estimate of drug-likeness (QED) is 0.386. The highest BCUT2D eigenvalue weighted by molar-refractivity contribution is 14.0. The van der Waals surface area contributed by atoms with E-state index in [1.54, 1.807) is 7.11 Å². The molecular weight excluding hydrogens is 425 g/mol. The van der Waals surface area contributed by atoms with Crippen LogP contribution in [0.4, 0.5) is 5.69 Å². The van der Waals surface area contributed by atoms with Gasteiger partial charge in [-0.2, -0.15) is 0 Å². The smallest absolute Gasteiger partial charge is 0.193 e. The van der Waals surface area contributed by atoms with Crippen molar-refractivity contribution in [2.24, 2.45) is 10.7 Å². The molecule has 4 nitrogen and oxygen atoms in total. The minimum absolute atomic E-state index is 0. The van der Waals surface area contributed by atoms with E-state index in [4.69, 9.17) is 10.5 Å². The summed E-state index contributed by atoms with van der Waals surface area (Å²) >= 11 is 0. The molecule has 0 radical (unpaired) electrons. The Bertz CT molecular complexity index is 714. The Morgan fingerprint density at radius 1 is 1.12 bits per heavy atom. The predicted octanol–water partition coefficient (Wildman–Crippen LogP) is 4.46. The van der Waals surface area contributed by atoms with E-state index >= 15 is 0 Å². The van der Waals surface area contributed by atoms with Crippen LogP contribution in [0.2, 0.25) is 0 Å². The average Bonchev–Trinajstić information content (AvgIpc) is 2.55. The molecule has 0 amide bonds. The van der Waals surface area contributed by atoms with Crippen molar-refractivity contribution in [2.75, 3.05) is 19.0 Å². The van der Waals surface area contributed by atoms with Crippen molar-refractivity contribution in [3.8, 4) is 0 Å². The van der Waals surface area contributed by atoms with Gasteiger partial charge >= 0.3 is 0 Å². The lowest BCUT2D eigenvalue weighted by Gasteiger charge is -2.25. The highest BCUT2D eigenvalue weighted by Gasteiger charge is 2.21. The Morgan fingerprint density at radius 2 is 1.76 bits per heavy atom. The Labute approximate surface area is 167 Å². The van der Waals surface area contributed by atoms with Gasteiger partial charge in [0.05, 0.1) is 13.2 Å². The summed E-state index contributed by atoms with van der Waals surface area (Å²) in [6.07, 6.45) is 0. The summed E-state index contributed by atoms with van der Waals surface area (Å²) < 4.78 is 5.21. The number of benzene rings is 2. The molecule has 0 unspecified atom stereocenters. The molecule has 0 aliphatic heterocycles. The molecule has 25 heavy (non-hydrogen) atoms. The van der Waals surface area contributed by atoms with Crippen molar-refractivity contribution in [3.05, 3.63) is 65.2 Å². The number of methoxy groups -OCH3 is 1. The van der Waals surface area contributed by atoms with Crippen LogP contribution in [-0.2, 0) is 16.8 Å². The van der Waals surface area contributed by atoms with E-state index in [-0.39, 0.29) is 29.4 Å². The number of rotatable bonds is 6. The summed E-state index contributed by atoms with van der Waals surface area (Å²) in [5.74, 6) is 0.417. The largest absolute Gasteiger partial charge is 0.380 e. The molecule has 0 saturated heterocycles. The number of guanidine groups is 1. The summed E-state index contributed by atoms with van der Waals surface area (Å²) in [5, 5.41) is 3.18. The highest BCUT2D eigenvalue weighted by Crippen LogP contribution is 2.26. The molecule has 0 aliphatic rings. The lowest BCUT2D eigenvalue weighted by atomic mass is 9.82. The van der Waals surface area contributed by atoms with Gasteiger partial charge in [-0.05, 0) is 24.1 Å². The number of nitrogens with zero attached hydrogens (tertiary/aromatic N) is 1. The molecule has 0 aliphatic carbocycles. The molecular formula is C20H28IN3O. The molecule has 2 aromatic rings. The number of halogens is 1. The first-order chi connectivity index (χ1) is 11.4. The van der Waals surface area contributed by atoms with Gasteiger partial charge in [0.2, 0.25) is 0 Å². The molecule has 2 aromatic carbocycles. The number of para-hydroxylation sites is 1. The van der Waals surface area contributed by atoms with Crippen molar-refractivity contribution in [1.82, 2.24) is 0 Å². The van der Waals surface area contributed by atoms with E-state index in [0.717, 1.165) is 11.3 Å². The Kier molecular flexibility index (Phi) is 8.38. The van der Waals surface area contributed by atoms with Crippen molar-refractivity contribution in [1.29, 1.82) is 0 Å². The zero-order valence-electron chi connectivity index (χ0n) is 15.4. The fourth-order valence-corrected chi connectivity index (χ4v) is 2.80. The van der Waals surface area contributed by atoms with Crippen LogP contribution in [0.3, 0.4) is 0 Å². The van der Waals surface area contributed by atoms with Gasteiger partial charge in [0.15, 0.2) is 5.96 Å². The molecule has 0 fully saturated rings. The molecule has 0 heterocycles. The van der Waals surface area contributed by atoms with Crippen LogP contribution >= 0.6 is 24.0 Å². The SMILES string of the molecule is COCc1ccccc1NC(N)=NCC(C)(C)c1ccccc1C.I. The fourth-order valence-electron chi connectivity index (χ4n) is 2.80. The van der Waals surface area contributed by atoms with Gasteiger partial charge in [-0.15, -0.1) is 24.0 Å². The second-order valence-electron chi connectivity index (χ2n) is 6.62. The molecule has 0 bridgehead atoms. The second kappa shape index (κ2) is 9.77. The van der Waals surface area contributed by atoms with Crippen molar-refractivity contribution >= 4 is 35.6 Å². The van der Waals surface area contributed by atoms with Gasteiger partial charge in [0.1, 0.15) is 0 Å². The van der Waals surface area contributed by atoms with Crippen LogP contribution < -0.4 is 11.1 Å². The maximum atomic E-state index is 6.09. The second-order valence-corrected chi connectivity index (χ2v) is 6.62. The van der Waals surface area contributed by atoms with Crippen LogP contribution in [0, 0.1) is 6.92 Å². The zero-order chi connectivity index (χ0) is 17.6. The normalized spacial score (nSPS) is 11.8. The van der Waals surface area contributed by atoms with Gasteiger partial charge in [-0.1, -0.05) is 56.3 Å². The number of aryl methyl sites for hydroxylation is 1. The number of aliphatic imine (C=N–C) groups is 1. The van der Waals surface area contributed by atoms with Gasteiger partial charge in [-0.3, -0.25) is 4.99 Å². The van der Waals surface area contributed by atoms with Crippen LogP contribution in [0.1, 0.15) is 30.5 Å². The summed E-state index contributed by atoms with van der Waals surface area (Å²) in [6.45, 7) is 7.65. The van der Waals surface area contributed by atoms with Gasteiger partial charge < -0.3 is 15.8 Å².